The quantitative estimate of drug-likeness (QED) is 0.430. The van der Waals surface area contributed by atoms with Crippen molar-refractivity contribution in [2.75, 3.05) is 12.3 Å². The molecule has 0 heterocycles. The summed E-state index contributed by atoms with van der Waals surface area (Å²) in [6, 6.07) is 4.10. The Morgan fingerprint density at radius 1 is 1.13 bits per heavy atom. The Balaban J connectivity index is 3.27. The van der Waals surface area contributed by atoms with E-state index in [1.165, 1.54) is 17.0 Å². The van der Waals surface area contributed by atoms with Crippen molar-refractivity contribution in [1.82, 2.24) is 15.5 Å². The van der Waals surface area contributed by atoms with Crippen LogP contribution in [0.5, 0.6) is 5.75 Å². The van der Waals surface area contributed by atoms with Gasteiger partial charge in [-0.05, 0) is 58.7 Å². The lowest BCUT2D eigenvalue weighted by Crippen LogP contribution is -2.54. The van der Waals surface area contributed by atoms with Crippen LogP contribution in [0.15, 0.2) is 24.3 Å². The summed E-state index contributed by atoms with van der Waals surface area (Å²) >= 11 is 4.23. The zero-order chi connectivity index (χ0) is 23.8. The number of benzene rings is 1. The van der Waals surface area contributed by atoms with Crippen molar-refractivity contribution in [3.8, 4) is 5.75 Å². The molecule has 0 aromatic heterocycles. The van der Waals surface area contributed by atoms with Crippen molar-refractivity contribution in [2.24, 2.45) is 0 Å². The van der Waals surface area contributed by atoms with Crippen LogP contribution in [0.25, 0.3) is 0 Å². The number of phenols is 1. The molecular weight excluding hydrogens is 418 g/mol. The molecule has 0 aliphatic carbocycles. The third-order valence-electron chi connectivity index (χ3n) is 4.12. The van der Waals surface area contributed by atoms with Crippen LogP contribution in [-0.4, -0.2) is 57.9 Å². The van der Waals surface area contributed by atoms with Gasteiger partial charge in [0.2, 0.25) is 11.8 Å². The molecule has 1 aromatic rings. The number of carbonyl (C=O) groups is 3. The van der Waals surface area contributed by atoms with E-state index in [0.29, 0.717) is 12.0 Å². The Hall–Kier alpha value is -2.42. The fourth-order valence-corrected chi connectivity index (χ4v) is 3.18. The van der Waals surface area contributed by atoms with Gasteiger partial charge in [0.25, 0.3) is 0 Å². The minimum absolute atomic E-state index is 0.0341. The van der Waals surface area contributed by atoms with Gasteiger partial charge in [0.05, 0.1) is 0 Å². The lowest BCUT2D eigenvalue weighted by molar-refractivity contribution is -0.142. The minimum Gasteiger partial charge on any atom is -0.508 e. The molecule has 0 fully saturated rings. The second kappa shape index (κ2) is 11.8. The van der Waals surface area contributed by atoms with Crippen molar-refractivity contribution in [3.63, 3.8) is 0 Å². The predicted octanol–water partition coefficient (Wildman–Crippen LogP) is 3.02. The fourth-order valence-electron chi connectivity index (χ4n) is 2.94. The molecule has 2 atom stereocenters. The first-order valence-electron chi connectivity index (χ1n) is 10.4. The number of nitrogens with zero attached hydrogens (tertiary/aromatic N) is 1. The maximum absolute atomic E-state index is 13.4. The Bertz CT molecular complexity index is 747. The molecule has 0 saturated carbocycles. The van der Waals surface area contributed by atoms with Gasteiger partial charge < -0.3 is 25.4 Å². The highest BCUT2D eigenvalue weighted by Gasteiger charge is 2.35. The van der Waals surface area contributed by atoms with Crippen LogP contribution >= 0.6 is 12.6 Å². The number of rotatable bonds is 9. The number of carbonyl (C=O) groups excluding carboxylic acids is 3. The van der Waals surface area contributed by atoms with Crippen LogP contribution in [-0.2, 0) is 14.3 Å². The largest absolute Gasteiger partial charge is 0.508 e. The number of aromatic hydroxyl groups is 1. The van der Waals surface area contributed by atoms with Crippen LogP contribution < -0.4 is 10.6 Å². The Labute approximate surface area is 190 Å². The smallest absolute Gasteiger partial charge is 0.408 e. The van der Waals surface area contributed by atoms with Crippen LogP contribution in [0.1, 0.15) is 59.6 Å². The van der Waals surface area contributed by atoms with E-state index in [-0.39, 0.29) is 30.0 Å². The van der Waals surface area contributed by atoms with Gasteiger partial charge in [0.15, 0.2) is 0 Å². The Morgan fingerprint density at radius 3 is 2.16 bits per heavy atom. The van der Waals surface area contributed by atoms with E-state index in [0.717, 1.165) is 0 Å². The van der Waals surface area contributed by atoms with Crippen molar-refractivity contribution in [2.45, 2.75) is 71.7 Å². The van der Waals surface area contributed by atoms with Gasteiger partial charge >= 0.3 is 6.09 Å². The topological polar surface area (TPSA) is 108 Å². The molecule has 0 saturated heterocycles. The van der Waals surface area contributed by atoms with Gasteiger partial charge in [-0.1, -0.05) is 19.1 Å². The number of hydrogen-bond acceptors (Lipinski definition) is 6. The Morgan fingerprint density at radius 2 is 1.71 bits per heavy atom. The fraction of sp³-hybridized carbons (Fsp3) is 0.591. The molecule has 9 heteroatoms. The lowest BCUT2D eigenvalue weighted by Gasteiger charge is -2.34. The standard InChI is InChI=1S/C22H35N3O5S/c1-7-12-25(20(28)17(13-31)24-21(29)30-22(4,5)6)18(19(27)23-14(2)3)15-8-10-16(26)11-9-15/h8-11,14,17-18,26,31H,7,12-13H2,1-6H3,(H,23,27)(H,24,29). The van der Waals surface area contributed by atoms with E-state index in [4.69, 9.17) is 4.74 Å². The highest BCUT2D eigenvalue weighted by molar-refractivity contribution is 7.80. The molecule has 0 bridgehead atoms. The minimum atomic E-state index is -0.976. The third-order valence-corrected chi connectivity index (χ3v) is 4.48. The van der Waals surface area contributed by atoms with Crippen molar-refractivity contribution >= 4 is 30.5 Å². The average molecular weight is 454 g/mol. The molecule has 3 amide bonds. The molecule has 0 spiro atoms. The number of hydrogen-bond donors (Lipinski definition) is 4. The molecule has 1 rings (SSSR count). The lowest BCUT2D eigenvalue weighted by atomic mass is 10.0. The van der Waals surface area contributed by atoms with Crippen molar-refractivity contribution in [1.29, 1.82) is 0 Å². The number of ether oxygens (including phenoxy) is 1. The summed E-state index contributed by atoms with van der Waals surface area (Å²) < 4.78 is 5.26. The van der Waals surface area contributed by atoms with Gasteiger partial charge in [-0.15, -0.1) is 0 Å². The Kier molecular flexibility index (Phi) is 10.2. The third kappa shape index (κ3) is 8.69. The van der Waals surface area contributed by atoms with Gasteiger partial charge in [0, 0.05) is 18.3 Å². The van der Waals surface area contributed by atoms with E-state index in [9.17, 15) is 19.5 Å². The van der Waals surface area contributed by atoms with Gasteiger partial charge in [-0.2, -0.15) is 12.6 Å². The van der Waals surface area contributed by atoms with Gasteiger partial charge in [0.1, 0.15) is 23.4 Å². The molecule has 0 aliphatic heterocycles. The zero-order valence-electron chi connectivity index (χ0n) is 19.1. The first-order chi connectivity index (χ1) is 14.4. The van der Waals surface area contributed by atoms with E-state index >= 15 is 0 Å². The molecule has 174 valence electrons. The zero-order valence-corrected chi connectivity index (χ0v) is 20.0. The first-order valence-corrected chi connectivity index (χ1v) is 11.0. The van der Waals surface area contributed by atoms with E-state index in [2.05, 4.69) is 23.3 Å². The molecule has 0 aliphatic rings. The molecule has 2 unspecified atom stereocenters. The summed E-state index contributed by atoms with van der Waals surface area (Å²) in [5.41, 5.74) is -0.170. The number of alkyl carbamates (subject to hydrolysis) is 1. The number of phenolic OH excluding ortho intramolecular Hbond substituents is 1. The second-order valence-electron chi connectivity index (χ2n) is 8.57. The maximum atomic E-state index is 13.4. The number of thiol groups is 1. The summed E-state index contributed by atoms with van der Waals surface area (Å²) in [6.45, 7) is 11.0. The summed E-state index contributed by atoms with van der Waals surface area (Å²) in [6.07, 6.45) is -0.134. The molecule has 31 heavy (non-hydrogen) atoms. The SMILES string of the molecule is CCCN(C(=O)C(CS)NC(=O)OC(C)(C)C)C(C(=O)NC(C)C)c1ccc(O)cc1. The predicted molar refractivity (Wildman–Crippen MR) is 123 cm³/mol. The van der Waals surface area contributed by atoms with E-state index in [1.807, 2.05) is 20.8 Å². The van der Waals surface area contributed by atoms with E-state index < -0.39 is 29.7 Å². The second-order valence-corrected chi connectivity index (χ2v) is 8.94. The molecule has 1 aromatic carbocycles. The van der Waals surface area contributed by atoms with Crippen LogP contribution in [0.4, 0.5) is 4.79 Å². The molecule has 0 radical (unpaired) electrons. The number of nitrogens with one attached hydrogen (secondary N) is 2. The monoisotopic (exact) mass is 453 g/mol. The highest BCUT2D eigenvalue weighted by Crippen LogP contribution is 2.25. The normalized spacial score (nSPS) is 13.3. The van der Waals surface area contributed by atoms with E-state index in [1.54, 1.807) is 32.9 Å². The average Bonchev–Trinajstić information content (AvgIpc) is 2.64. The summed E-state index contributed by atoms with van der Waals surface area (Å²) in [4.78, 5) is 40.2. The molecule has 8 nitrogen and oxygen atoms in total. The summed E-state index contributed by atoms with van der Waals surface area (Å²) in [7, 11) is 0. The number of amides is 3. The van der Waals surface area contributed by atoms with Crippen molar-refractivity contribution in [3.05, 3.63) is 29.8 Å². The summed E-state index contributed by atoms with van der Waals surface area (Å²) in [5, 5.41) is 15.0. The van der Waals surface area contributed by atoms with Crippen LogP contribution in [0.3, 0.4) is 0 Å². The first kappa shape index (κ1) is 26.6. The molecular formula is C22H35N3O5S. The van der Waals surface area contributed by atoms with Crippen molar-refractivity contribution < 1.29 is 24.2 Å². The van der Waals surface area contributed by atoms with Crippen LogP contribution in [0.2, 0.25) is 0 Å². The maximum Gasteiger partial charge on any atom is 0.408 e. The van der Waals surface area contributed by atoms with Gasteiger partial charge in [-0.3, -0.25) is 9.59 Å². The highest BCUT2D eigenvalue weighted by atomic mass is 32.1. The van der Waals surface area contributed by atoms with Crippen LogP contribution in [0, 0.1) is 0 Å². The summed E-state index contributed by atoms with van der Waals surface area (Å²) in [5.74, 6) is -0.704. The molecule has 3 N–H and O–H groups in total. The van der Waals surface area contributed by atoms with Gasteiger partial charge in [-0.25, -0.2) is 4.79 Å².